The van der Waals surface area contributed by atoms with Crippen LogP contribution in [0.25, 0.3) is 5.76 Å². The average Bonchev–Trinajstić information content (AvgIpc) is 3.13. The van der Waals surface area contributed by atoms with Gasteiger partial charge in [-0.2, -0.15) is 0 Å². The lowest BCUT2D eigenvalue weighted by atomic mass is 9.94. The van der Waals surface area contributed by atoms with Crippen molar-refractivity contribution in [3.8, 4) is 0 Å². The zero-order valence-corrected chi connectivity index (χ0v) is 18.9. The maximum absolute atomic E-state index is 13.1. The predicted molar refractivity (Wildman–Crippen MR) is 120 cm³/mol. The number of nitrogens with one attached hydrogen (secondary N) is 1. The largest absolute Gasteiger partial charge is 0.507 e. The van der Waals surface area contributed by atoms with Crippen LogP contribution >= 0.6 is 0 Å². The molecular formula is C23H28N4O5. The van der Waals surface area contributed by atoms with Gasteiger partial charge < -0.3 is 19.9 Å². The van der Waals surface area contributed by atoms with Crippen molar-refractivity contribution in [3.05, 3.63) is 68.0 Å². The predicted octanol–water partition coefficient (Wildman–Crippen LogP) is 3.22. The average molecular weight is 441 g/mol. The molecule has 2 N–H and O–H groups in total. The van der Waals surface area contributed by atoms with Crippen LogP contribution < -0.4 is 0 Å². The minimum atomic E-state index is -0.827. The lowest BCUT2D eigenvalue weighted by Gasteiger charge is -2.26. The Kier molecular flexibility index (Phi) is 6.50. The van der Waals surface area contributed by atoms with E-state index < -0.39 is 22.7 Å². The van der Waals surface area contributed by atoms with Crippen molar-refractivity contribution in [1.29, 1.82) is 0 Å². The summed E-state index contributed by atoms with van der Waals surface area (Å²) in [5.41, 5.74) is 3.28. The minimum Gasteiger partial charge on any atom is -0.507 e. The molecule has 0 spiro atoms. The van der Waals surface area contributed by atoms with E-state index in [1.807, 2.05) is 32.8 Å². The van der Waals surface area contributed by atoms with Crippen LogP contribution in [0.2, 0.25) is 0 Å². The number of ketones is 1. The number of nitrogens with zero attached hydrogens (tertiary/aromatic N) is 3. The molecule has 1 aromatic carbocycles. The summed E-state index contributed by atoms with van der Waals surface area (Å²) >= 11 is 0. The number of aryl methyl sites for hydroxylation is 2. The summed E-state index contributed by atoms with van der Waals surface area (Å²) in [6, 6.07) is 4.91. The molecule has 0 aliphatic carbocycles. The first-order chi connectivity index (χ1) is 15.0. The first-order valence-corrected chi connectivity index (χ1v) is 10.4. The normalized spacial score (nSPS) is 18.1. The number of H-pyrrole nitrogens is 1. The second-order valence-electron chi connectivity index (χ2n) is 8.37. The Morgan fingerprint density at radius 3 is 2.28 bits per heavy atom. The quantitative estimate of drug-likeness (QED) is 0.224. The molecule has 1 aromatic heterocycles. The van der Waals surface area contributed by atoms with E-state index in [1.54, 1.807) is 6.92 Å². The van der Waals surface area contributed by atoms with Crippen LogP contribution in [0.4, 0.5) is 5.69 Å². The molecule has 0 saturated carbocycles. The zero-order valence-electron chi connectivity index (χ0n) is 18.9. The standard InChI is InChI=1S/C23H28N4O5/c1-13-14(2)24-15(3)18(13)21(28)19-20(16-7-9-17(10-8-16)27(31)32)26(23(30)22(19)29)12-6-11-25(4)5/h7-10,20,24,28H,6,11-12H2,1-5H3/b21-19+. The fourth-order valence-electron chi connectivity index (χ4n) is 4.19. The van der Waals surface area contributed by atoms with Gasteiger partial charge in [0.15, 0.2) is 0 Å². The van der Waals surface area contributed by atoms with Gasteiger partial charge in [0, 0.05) is 35.6 Å². The van der Waals surface area contributed by atoms with Crippen LogP contribution in [0, 0.1) is 30.9 Å². The Morgan fingerprint density at radius 2 is 1.78 bits per heavy atom. The third-order valence-corrected chi connectivity index (χ3v) is 5.89. The van der Waals surface area contributed by atoms with E-state index in [4.69, 9.17) is 0 Å². The van der Waals surface area contributed by atoms with Gasteiger partial charge in [0.1, 0.15) is 5.76 Å². The highest BCUT2D eigenvalue weighted by Gasteiger charge is 2.46. The molecule has 0 radical (unpaired) electrons. The number of aliphatic hydroxyl groups excluding tert-OH is 1. The third kappa shape index (κ3) is 4.16. The van der Waals surface area contributed by atoms with Crippen molar-refractivity contribution in [2.24, 2.45) is 0 Å². The molecule has 170 valence electrons. The number of nitro groups is 1. The highest BCUT2D eigenvalue weighted by molar-refractivity contribution is 6.46. The molecule has 1 aliphatic rings. The number of non-ortho nitro benzene ring substituents is 1. The molecule has 1 saturated heterocycles. The van der Waals surface area contributed by atoms with Gasteiger partial charge in [-0.3, -0.25) is 19.7 Å². The molecule has 1 unspecified atom stereocenters. The number of carbonyl (C=O) groups is 2. The first-order valence-electron chi connectivity index (χ1n) is 10.4. The molecule has 1 amide bonds. The maximum atomic E-state index is 13.1. The van der Waals surface area contributed by atoms with Crippen LogP contribution in [-0.2, 0) is 9.59 Å². The smallest absolute Gasteiger partial charge is 0.295 e. The van der Waals surface area contributed by atoms with Gasteiger partial charge in [-0.25, -0.2) is 0 Å². The Morgan fingerprint density at radius 1 is 1.16 bits per heavy atom. The topological polar surface area (TPSA) is 120 Å². The van der Waals surface area contributed by atoms with Crippen molar-refractivity contribution in [3.63, 3.8) is 0 Å². The second kappa shape index (κ2) is 8.96. The summed E-state index contributed by atoms with van der Waals surface area (Å²) in [6.45, 7) is 6.52. The number of aromatic nitrogens is 1. The summed E-state index contributed by atoms with van der Waals surface area (Å²) in [6.07, 6.45) is 0.630. The fraction of sp³-hybridized carbons (Fsp3) is 0.391. The number of rotatable bonds is 7. The van der Waals surface area contributed by atoms with Crippen molar-refractivity contribution in [2.75, 3.05) is 27.2 Å². The van der Waals surface area contributed by atoms with Gasteiger partial charge in [-0.15, -0.1) is 0 Å². The minimum absolute atomic E-state index is 0.00101. The lowest BCUT2D eigenvalue weighted by molar-refractivity contribution is -0.384. The number of likely N-dealkylation sites (tertiary alicyclic amines) is 1. The van der Waals surface area contributed by atoms with Gasteiger partial charge in [-0.1, -0.05) is 0 Å². The van der Waals surface area contributed by atoms with Crippen molar-refractivity contribution >= 4 is 23.1 Å². The Balaban J connectivity index is 2.15. The molecule has 32 heavy (non-hydrogen) atoms. The van der Waals surface area contributed by atoms with Gasteiger partial charge in [0.2, 0.25) is 0 Å². The second-order valence-corrected chi connectivity index (χ2v) is 8.37. The number of amides is 1. The molecule has 1 fully saturated rings. The SMILES string of the molecule is Cc1[nH]c(C)c(/C(O)=C2\C(=O)C(=O)N(CCCN(C)C)C2c2ccc([N+](=O)[O-])cc2)c1C. The van der Waals surface area contributed by atoms with E-state index in [-0.39, 0.29) is 17.0 Å². The first kappa shape index (κ1) is 23.2. The summed E-state index contributed by atoms with van der Waals surface area (Å²) in [5.74, 6) is -1.68. The molecule has 9 heteroatoms. The fourth-order valence-corrected chi connectivity index (χ4v) is 4.19. The number of hydrogen-bond acceptors (Lipinski definition) is 6. The maximum Gasteiger partial charge on any atom is 0.295 e. The number of aromatic amines is 1. The number of hydrogen-bond donors (Lipinski definition) is 2. The van der Waals surface area contributed by atoms with Crippen molar-refractivity contribution in [2.45, 2.75) is 33.2 Å². The molecule has 2 heterocycles. The number of benzene rings is 1. The van der Waals surface area contributed by atoms with E-state index in [1.165, 1.54) is 29.2 Å². The molecule has 0 bridgehead atoms. The van der Waals surface area contributed by atoms with E-state index in [2.05, 4.69) is 4.98 Å². The van der Waals surface area contributed by atoms with E-state index in [0.717, 1.165) is 11.3 Å². The molecule has 3 rings (SSSR count). The van der Waals surface area contributed by atoms with Crippen LogP contribution in [0.15, 0.2) is 29.8 Å². The van der Waals surface area contributed by atoms with Gasteiger partial charge in [-0.05, 0) is 71.1 Å². The van der Waals surface area contributed by atoms with Crippen LogP contribution in [0.1, 0.15) is 40.5 Å². The van der Waals surface area contributed by atoms with Gasteiger partial charge >= 0.3 is 0 Å². The Bertz CT molecular complexity index is 1100. The van der Waals surface area contributed by atoms with Gasteiger partial charge in [0.25, 0.3) is 17.4 Å². The van der Waals surface area contributed by atoms with Gasteiger partial charge in [0.05, 0.1) is 16.5 Å². The molecular weight excluding hydrogens is 412 g/mol. The molecule has 9 nitrogen and oxygen atoms in total. The van der Waals surface area contributed by atoms with Crippen LogP contribution in [-0.4, -0.2) is 63.7 Å². The Hall–Kier alpha value is -3.46. The van der Waals surface area contributed by atoms with E-state index in [0.29, 0.717) is 36.3 Å². The molecule has 2 aromatic rings. The summed E-state index contributed by atoms with van der Waals surface area (Å²) in [4.78, 5) is 43.2. The Labute approximate surface area is 186 Å². The van der Waals surface area contributed by atoms with E-state index in [9.17, 15) is 24.8 Å². The molecule has 1 atom stereocenters. The van der Waals surface area contributed by atoms with Crippen LogP contribution in [0.3, 0.4) is 0 Å². The summed E-state index contributed by atoms with van der Waals surface area (Å²) in [5, 5.41) is 22.3. The number of carbonyl (C=O) groups excluding carboxylic acids is 2. The summed E-state index contributed by atoms with van der Waals surface area (Å²) in [7, 11) is 3.84. The third-order valence-electron chi connectivity index (χ3n) is 5.89. The summed E-state index contributed by atoms with van der Waals surface area (Å²) < 4.78 is 0. The van der Waals surface area contributed by atoms with Crippen molar-refractivity contribution in [1.82, 2.24) is 14.8 Å². The van der Waals surface area contributed by atoms with Crippen LogP contribution in [0.5, 0.6) is 0 Å². The number of Topliss-reactive ketones (excluding diaryl/α,β-unsaturated/α-hetero) is 1. The monoisotopic (exact) mass is 440 g/mol. The molecule has 1 aliphatic heterocycles. The van der Waals surface area contributed by atoms with Crippen molar-refractivity contribution < 1.29 is 19.6 Å². The highest BCUT2D eigenvalue weighted by atomic mass is 16.6. The zero-order chi connectivity index (χ0) is 23.7. The van der Waals surface area contributed by atoms with E-state index >= 15 is 0 Å². The lowest BCUT2D eigenvalue weighted by Crippen LogP contribution is -2.32. The number of nitro benzene ring substituents is 1. The number of aliphatic hydroxyl groups is 1. The highest BCUT2D eigenvalue weighted by Crippen LogP contribution is 2.41.